The summed E-state index contributed by atoms with van der Waals surface area (Å²) in [6.07, 6.45) is -3.58. The predicted molar refractivity (Wildman–Crippen MR) is 109 cm³/mol. The molecule has 0 saturated heterocycles. The highest BCUT2D eigenvalue weighted by atomic mass is 32.1. The van der Waals surface area contributed by atoms with Gasteiger partial charge in [0.25, 0.3) is 0 Å². The molecule has 0 fully saturated rings. The average Bonchev–Trinajstić information content (AvgIpc) is 3.19. The number of anilines is 2. The third kappa shape index (κ3) is 7.21. The second-order valence-electron chi connectivity index (χ2n) is 6.71. The largest absolute Gasteiger partial charge is 0.449 e. The van der Waals surface area contributed by atoms with Gasteiger partial charge in [-0.05, 0) is 24.5 Å². The minimum atomic E-state index is -4.65. The first-order valence-corrected chi connectivity index (χ1v) is 10.1. The van der Waals surface area contributed by atoms with Gasteiger partial charge in [0, 0.05) is 24.7 Å². The van der Waals surface area contributed by atoms with Gasteiger partial charge in [-0.3, -0.25) is 0 Å². The van der Waals surface area contributed by atoms with E-state index in [1.165, 1.54) is 23.5 Å². The highest BCUT2D eigenvalue weighted by molar-refractivity contribution is 7.13. The zero-order valence-electron chi connectivity index (χ0n) is 16.5. The van der Waals surface area contributed by atoms with E-state index < -0.39 is 29.6 Å². The third-order valence-corrected chi connectivity index (χ3v) is 4.48. The second kappa shape index (κ2) is 10.8. The van der Waals surface area contributed by atoms with Crippen LogP contribution in [0, 0.1) is 5.92 Å². The molecule has 0 aliphatic carbocycles. The van der Waals surface area contributed by atoms with Gasteiger partial charge in [0.15, 0.2) is 5.13 Å². The van der Waals surface area contributed by atoms with Crippen molar-refractivity contribution in [2.75, 3.05) is 30.3 Å². The smallest absolute Gasteiger partial charge is 0.418 e. The van der Waals surface area contributed by atoms with Gasteiger partial charge in [-0.15, -0.1) is 11.3 Å². The number of imide groups is 1. The zero-order chi connectivity index (χ0) is 22.1. The van der Waals surface area contributed by atoms with Gasteiger partial charge >= 0.3 is 18.3 Å². The van der Waals surface area contributed by atoms with Crippen LogP contribution in [0.4, 0.5) is 33.6 Å². The number of thiazole rings is 1. The van der Waals surface area contributed by atoms with Gasteiger partial charge < -0.3 is 15.4 Å². The number of hydrogen-bond donors (Lipinski definition) is 2. The number of nitrogens with zero attached hydrogens (tertiary/aromatic N) is 2. The Bertz CT molecular complexity index is 829. The Balaban J connectivity index is 2.06. The van der Waals surface area contributed by atoms with Crippen molar-refractivity contribution >= 4 is 34.3 Å². The van der Waals surface area contributed by atoms with E-state index in [0.29, 0.717) is 18.1 Å². The third-order valence-electron chi connectivity index (χ3n) is 3.75. The minimum Gasteiger partial charge on any atom is -0.449 e. The first-order chi connectivity index (χ1) is 14.2. The first kappa shape index (κ1) is 23.5. The van der Waals surface area contributed by atoms with Crippen LogP contribution in [0.15, 0.2) is 35.8 Å². The normalized spacial score (nSPS) is 11.3. The van der Waals surface area contributed by atoms with Crippen LogP contribution >= 0.6 is 11.3 Å². The molecule has 2 aromatic rings. The lowest BCUT2D eigenvalue weighted by Crippen LogP contribution is -2.42. The lowest BCUT2D eigenvalue weighted by Gasteiger charge is -2.22. The van der Waals surface area contributed by atoms with Gasteiger partial charge in [0.1, 0.15) is 0 Å². The van der Waals surface area contributed by atoms with E-state index in [9.17, 15) is 22.8 Å². The van der Waals surface area contributed by atoms with Crippen molar-refractivity contribution < 1.29 is 27.5 Å². The van der Waals surface area contributed by atoms with Gasteiger partial charge in [0.2, 0.25) is 0 Å². The molecule has 11 heteroatoms. The fourth-order valence-corrected chi connectivity index (χ4v) is 2.91. The Kier molecular flexibility index (Phi) is 8.46. The molecule has 164 valence electrons. The van der Waals surface area contributed by atoms with E-state index in [1.54, 1.807) is 11.6 Å². The van der Waals surface area contributed by atoms with E-state index in [-0.39, 0.29) is 19.1 Å². The fraction of sp³-hybridized carbons (Fsp3) is 0.421. The Morgan fingerprint density at radius 3 is 2.63 bits per heavy atom. The van der Waals surface area contributed by atoms with E-state index in [4.69, 9.17) is 4.74 Å². The van der Waals surface area contributed by atoms with Crippen molar-refractivity contribution in [2.24, 2.45) is 5.92 Å². The lowest BCUT2D eigenvalue weighted by molar-refractivity contribution is -0.136. The van der Waals surface area contributed by atoms with E-state index in [1.807, 2.05) is 13.8 Å². The number of nitrogens with one attached hydrogen (secondary N) is 2. The van der Waals surface area contributed by atoms with Crippen LogP contribution in [0.1, 0.15) is 25.8 Å². The highest BCUT2D eigenvalue weighted by Gasteiger charge is 2.34. The summed E-state index contributed by atoms with van der Waals surface area (Å²) in [6.45, 7) is 4.10. The number of carbonyl (C=O) groups is 2. The summed E-state index contributed by atoms with van der Waals surface area (Å²) in [5, 5.41) is 7.69. The van der Waals surface area contributed by atoms with Crippen LogP contribution in [0.5, 0.6) is 0 Å². The molecule has 1 heterocycles. The quantitative estimate of drug-likeness (QED) is 0.541. The highest BCUT2D eigenvalue weighted by Crippen LogP contribution is 2.34. The molecule has 0 saturated carbocycles. The average molecular weight is 444 g/mol. The lowest BCUT2D eigenvalue weighted by atomic mass is 10.1. The fourth-order valence-electron chi connectivity index (χ4n) is 2.36. The van der Waals surface area contributed by atoms with Gasteiger partial charge in [-0.1, -0.05) is 26.0 Å². The van der Waals surface area contributed by atoms with Crippen molar-refractivity contribution in [3.8, 4) is 0 Å². The standard InChI is InChI=1S/C19H23F3N4O3S/c1-13(2)12-29-18(28)26(10-5-8-23-16-24-9-11-30-16)17(27)25-15-7-4-3-6-14(15)19(20,21)22/h3-4,6-7,9,11,13H,5,8,10,12H2,1-2H3,(H,23,24)(H,25,27). The summed E-state index contributed by atoms with van der Waals surface area (Å²) >= 11 is 1.40. The molecular weight excluding hydrogens is 421 g/mol. The molecule has 0 aliphatic heterocycles. The van der Waals surface area contributed by atoms with Crippen LogP contribution in [0.25, 0.3) is 0 Å². The maximum atomic E-state index is 13.2. The SMILES string of the molecule is CC(C)COC(=O)N(CCCNc1nccs1)C(=O)Nc1ccccc1C(F)(F)F. The van der Waals surface area contributed by atoms with Crippen LogP contribution in [-0.2, 0) is 10.9 Å². The van der Waals surface area contributed by atoms with Gasteiger partial charge in [-0.25, -0.2) is 19.5 Å². The Labute approximate surface area is 176 Å². The van der Waals surface area contributed by atoms with Crippen molar-refractivity contribution in [3.63, 3.8) is 0 Å². The summed E-state index contributed by atoms with van der Waals surface area (Å²) in [5.41, 5.74) is -1.43. The minimum absolute atomic E-state index is 0.0383. The number of rotatable bonds is 8. The van der Waals surface area contributed by atoms with E-state index in [2.05, 4.69) is 15.6 Å². The number of para-hydroxylation sites is 1. The van der Waals surface area contributed by atoms with Gasteiger partial charge in [-0.2, -0.15) is 13.2 Å². The summed E-state index contributed by atoms with van der Waals surface area (Å²) < 4.78 is 44.6. The Morgan fingerprint density at radius 1 is 1.27 bits per heavy atom. The molecule has 0 radical (unpaired) electrons. The molecule has 1 aromatic heterocycles. The summed E-state index contributed by atoms with van der Waals surface area (Å²) in [6, 6.07) is 3.58. The number of ether oxygens (including phenoxy) is 1. The number of carbonyl (C=O) groups excluding carboxylic acids is 2. The predicted octanol–water partition coefficient (Wildman–Crippen LogP) is 5.29. The maximum absolute atomic E-state index is 13.2. The number of alkyl halides is 3. The number of halogens is 3. The van der Waals surface area contributed by atoms with E-state index in [0.717, 1.165) is 17.0 Å². The molecule has 2 rings (SSSR count). The molecule has 3 amide bonds. The molecule has 0 atom stereocenters. The monoisotopic (exact) mass is 444 g/mol. The molecule has 0 unspecified atom stereocenters. The molecule has 30 heavy (non-hydrogen) atoms. The van der Waals surface area contributed by atoms with Crippen LogP contribution < -0.4 is 10.6 Å². The number of amides is 3. The maximum Gasteiger partial charge on any atom is 0.418 e. The molecule has 0 spiro atoms. The van der Waals surface area contributed by atoms with Crippen molar-refractivity contribution in [2.45, 2.75) is 26.4 Å². The summed E-state index contributed by atoms with van der Waals surface area (Å²) in [7, 11) is 0. The number of hydrogen-bond acceptors (Lipinski definition) is 6. The van der Waals surface area contributed by atoms with Crippen LogP contribution in [-0.4, -0.2) is 41.7 Å². The molecule has 0 bridgehead atoms. The van der Waals surface area contributed by atoms with Gasteiger partial charge in [0.05, 0.1) is 17.9 Å². The molecule has 1 aromatic carbocycles. The van der Waals surface area contributed by atoms with Crippen molar-refractivity contribution in [1.82, 2.24) is 9.88 Å². The van der Waals surface area contributed by atoms with Crippen molar-refractivity contribution in [1.29, 1.82) is 0 Å². The number of benzene rings is 1. The molecule has 2 N–H and O–H groups in total. The van der Waals surface area contributed by atoms with Crippen LogP contribution in [0.2, 0.25) is 0 Å². The summed E-state index contributed by atoms with van der Waals surface area (Å²) in [5.74, 6) is 0.0383. The molecule has 7 nitrogen and oxygen atoms in total. The summed E-state index contributed by atoms with van der Waals surface area (Å²) in [4.78, 5) is 29.8. The molecular formula is C19H23F3N4O3S. The molecule has 0 aliphatic rings. The second-order valence-corrected chi connectivity index (χ2v) is 7.61. The van der Waals surface area contributed by atoms with Crippen LogP contribution in [0.3, 0.4) is 0 Å². The first-order valence-electron chi connectivity index (χ1n) is 9.23. The van der Waals surface area contributed by atoms with Crippen molar-refractivity contribution in [3.05, 3.63) is 41.4 Å². The Morgan fingerprint density at radius 2 is 2.00 bits per heavy atom. The topological polar surface area (TPSA) is 83.6 Å². The number of aromatic nitrogens is 1. The number of urea groups is 1. The van der Waals surface area contributed by atoms with E-state index >= 15 is 0 Å². The Hall–Kier alpha value is -2.82. The zero-order valence-corrected chi connectivity index (χ0v) is 17.3.